The molecule has 4 aromatic rings. The van der Waals surface area contributed by atoms with Gasteiger partial charge < -0.3 is 4.74 Å². The van der Waals surface area contributed by atoms with Gasteiger partial charge >= 0.3 is 0 Å². The number of para-hydroxylation sites is 2. The Kier molecular flexibility index (Phi) is 5.99. The molecule has 0 atom stereocenters. The molecule has 0 radical (unpaired) electrons. The molecule has 4 rings (SSSR count). The number of ether oxygens (including phenoxy) is 1. The van der Waals surface area contributed by atoms with Gasteiger partial charge in [-0.05, 0) is 47.7 Å². The van der Waals surface area contributed by atoms with Crippen molar-refractivity contribution in [3.8, 4) is 33.9 Å². The molecule has 0 fully saturated rings. The van der Waals surface area contributed by atoms with Crippen LogP contribution in [0.3, 0.4) is 0 Å². The van der Waals surface area contributed by atoms with Gasteiger partial charge in [0.1, 0.15) is 17.2 Å². The SMILES string of the molecule is CC(C)Cc1ccc(-c2cc(=O)n(C)nc2-c2ccccc2Oc2ccccc2)cc1. The molecule has 4 heteroatoms. The van der Waals surface area contributed by atoms with Gasteiger partial charge in [0.25, 0.3) is 5.56 Å². The van der Waals surface area contributed by atoms with Crippen molar-refractivity contribution in [3.05, 3.63) is 101 Å². The Balaban J connectivity index is 1.81. The molecule has 156 valence electrons. The zero-order chi connectivity index (χ0) is 21.8. The Labute approximate surface area is 182 Å². The van der Waals surface area contributed by atoms with Crippen molar-refractivity contribution in [1.29, 1.82) is 0 Å². The van der Waals surface area contributed by atoms with Crippen molar-refractivity contribution in [2.75, 3.05) is 0 Å². The molecule has 0 N–H and O–H groups in total. The van der Waals surface area contributed by atoms with Crippen LogP contribution in [0, 0.1) is 5.92 Å². The van der Waals surface area contributed by atoms with Crippen LogP contribution in [0.25, 0.3) is 22.4 Å². The standard InChI is InChI=1S/C27H26N2O2/c1-19(2)17-20-13-15-21(16-14-20)24-18-26(30)29(3)28-27(24)23-11-7-8-12-25(23)31-22-9-5-4-6-10-22/h4-16,18-19H,17H2,1-3H3. The van der Waals surface area contributed by atoms with E-state index in [4.69, 9.17) is 4.74 Å². The third-order valence-corrected chi connectivity index (χ3v) is 5.11. The van der Waals surface area contributed by atoms with Crippen molar-refractivity contribution in [1.82, 2.24) is 9.78 Å². The summed E-state index contributed by atoms with van der Waals surface area (Å²) in [4.78, 5) is 12.5. The molecule has 0 unspecified atom stereocenters. The summed E-state index contributed by atoms with van der Waals surface area (Å²) in [6.45, 7) is 4.42. The molecule has 4 nitrogen and oxygen atoms in total. The van der Waals surface area contributed by atoms with Gasteiger partial charge in [-0.1, -0.05) is 68.4 Å². The maximum Gasteiger partial charge on any atom is 0.267 e. The molecule has 0 saturated heterocycles. The minimum absolute atomic E-state index is 0.147. The largest absolute Gasteiger partial charge is 0.457 e. The predicted molar refractivity (Wildman–Crippen MR) is 125 cm³/mol. The second-order valence-electron chi connectivity index (χ2n) is 8.07. The lowest BCUT2D eigenvalue weighted by Crippen LogP contribution is -2.19. The summed E-state index contributed by atoms with van der Waals surface area (Å²) < 4.78 is 7.53. The molecule has 1 aromatic heterocycles. The molecule has 0 amide bonds. The number of benzene rings is 3. The number of nitrogens with zero attached hydrogens (tertiary/aromatic N) is 2. The summed E-state index contributed by atoms with van der Waals surface area (Å²) in [5.74, 6) is 2.03. The minimum atomic E-state index is -0.147. The molecule has 0 aliphatic rings. The highest BCUT2D eigenvalue weighted by atomic mass is 16.5. The highest BCUT2D eigenvalue weighted by Crippen LogP contribution is 2.37. The molecule has 3 aromatic carbocycles. The predicted octanol–water partition coefficient (Wildman–Crippen LogP) is 6.11. The lowest BCUT2D eigenvalue weighted by Gasteiger charge is -2.15. The number of aromatic nitrogens is 2. The van der Waals surface area contributed by atoms with Crippen LogP contribution in [-0.2, 0) is 13.5 Å². The van der Waals surface area contributed by atoms with E-state index in [2.05, 4.69) is 43.2 Å². The Hall–Kier alpha value is -3.66. The third kappa shape index (κ3) is 4.75. The van der Waals surface area contributed by atoms with Gasteiger partial charge in [-0.15, -0.1) is 0 Å². The lowest BCUT2D eigenvalue weighted by atomic mass is 9.96. The van der Waals surface area contributed by atoms with E-state index < -0.39 is 0 Å². The van der Waals surface area contributed by atoms with E-state index in [-0.39, 0.29) is 5.56 Å². The molecule has 31 heavy (non-hydrogen) atoms. The maximum atomic E-state index is 12.5. The summed E-state index contributed by atoms with van der Waals surface area (Å²) in [5, 5.41) is 4.62. The van der Waals surface area contributed by atoms with Crippen LogP contribution in [0.15, 0.2) is 89.7 Å². The first-order valence-electron chi connectivity index (χ1n) is 10.5. The smallest absolute Gasteiger partial charge is 0.267 e. The Morgan fingerprint density at radius 2 is 1.55 bits per heavy atom. The van der Waals surface area contributed by atoms with E-state index in [0.717, 1.165) is 28.9 Å². The van der Waals surface area contributed by atoms with Crippen LogP contribution in [0.5, 0.6) is 11.5 Å². The zero-order valence-corrected chi connectivity index (χ0v) is 18.1. The summed E-state index contributed by atoms with van der Waals surface area (Å²) in [5.41, 5.74) is 4.44. The highest BCUT2D eigenvalue weighted by molar-refractivity contribution is 5.83. The fraction of sp³-hybridized carbons (Fsp3) is 0.185. The topological polar surface area (TPSA) is 44.1 Å². The average Bonchev–Trinajstić information content (AvgIpc) is 2.77. The first-order valence-corrected chi connectivity index (χ1v) is 10.5. The van der Waals surface area contributed by atoms with E-state index >= 15 is 0 Å². The van der Waals surface area contributed by atoms with E-state index in [1.54, 1.807) is 13.1 Å². The normalized spacial score (nSPS) is 11.0. The Morgan fingerprint density at radius 1 is 0.871 bits per heavy atom. The number of hydrogen-bond acceptors (Lipinski definition) is 3. The van der Waals surface area contributed by atoms with Crippen molar-refractivity contribution in [2.45, 2.75) is 20.3 Å². The molecule has 0 saturated carbocycles. The van der Waals surface area contributed by atoms with Gasteiger partial charge in [0.2, 0.25) is 0 Å². The zero-order valence-electron chi connectivity index (χ0n) is 18.1. The fourth-order valence-corrected chi connectivity index (χ4v) is 3.62. The monoisotopic (exact) mass is 410 g/mol. The molecule has 0 aliphatic carbocycles. The maximum absolute atomic E-state index is 12.5. The van der Waals surface area contributed by atoms with Crippen molar-refractivity contribution < 1.29 is 4.74 Å². The molecule has 0 spiro atoms. The summed E-state index contributed by atoms with van der Waals surface area (Å²) >= 11 is 0. The number of hydrogen-bond donors (Lipinski definition) is 0. The Morgan fingerprint density at radius 3 is 2.26 bits per heavy atom. The molecular weight excluding hydrogens is 384 g/mol. The minimum Gasteiger partial charge on any atom is -0.457 e. The first-order chi connectivity index (χ1) is 15.0. The second-order valence-corrected chi connectivity index (χ2v) is 8.07. The second kappa shape index (κ2) is 9.00. The van der Waals surface area contributed by atoms with E-state index in [1.807, 2.05) is 54.6 Å². The van der Waals surface area contributed by atoms with E-state index in [1.165, 1.54) is 10.2 Å². The fourth-order valence-electron chi connectivity index (χ4n) is 3.62. The van der Waals surface area contributed by atoms with Gasteiger partial charge in [-0.3, -0.25) is 4.79 Å². The lowest BCUT2D eigenvalue weighted by molar-refractivity contribution is 0.484. The van der Waals surface area contributed by atoms with Crippen LogP contribution in [-0.4, -0.2) is 9.78 Å². The van der Waals surface area contributed by atoms with Crippen LogP contribution in [0.2, 0.25) is 0 Å². The number of aryl methyl sites for hydroxylation is 1. The van der Waals surface area contributed by atoms with Gasteiger partial charge in [0, 0.05) is 24.2 Å². The molecule has 1 heterocycles. The average molecular weight is 411 g/mol. The molecule has 0 aliphatic heterocycles. The number of rotatable bonds is 6. The van der Waals surface area contributed by atoms with E-state index in [9.17, 15) is 4.79 Å². The van der Waals surface area contributed by atoms with Gasteiger partial charge in [-0.25, -0.2) is 4.68 Å². The first kappa shape index (κ1) is 20.6. The summed E-state index contributed by atoms with van der Waals surface area (Å²) in [7, 11) is 1.67. The quantitative estimate of drug-likeness (QED) is 0.385. The Bertz CT molecular complexity index is 1230. The third-order valence-electron chi connectivity index (χ3n) is 5.11. The van der Waals surface area contributed by atoms with Crippen LogP contribution < -0.4 is 10.3 Å². The summed E-state index contributed by atoms with van der Waals surface area (Å²) in [6, 6.07) is 27.5. The summed E-state index contributed by atoms with van der Waals surface area (Å²) in [6.07, 6.45) is 1.02. The van der Waals surface area contributed by atoms with Crippen molar-refractivity contribution in [2.24, 2.45) is 13.0 Å². The van der Waals surface area contributed by atoms with Crippen LogP contribution in [0.4, 0.5) is 0 Å². The van der Waals surface area contributed by atoms with Gasteiger partial charge in [0.15, 0.2) is 0 Å². The van der Waals surface area contributed by atoms with Crippen LogP contribution >= 0.6 is 0 Å². The van der Waals surface area contributed by atoms with Gasteiger partial charge in [0.05, 0.1) is 0 Å². The molecule has 0 bridgehead atoms. The molecular formula is C27H26N2O2. The highest BCUT2D eigenvalue weighted by Gasteiger charge is 2.16. The van der Waals surface area contributed by atoms with E-state index in [0.29, 0.717) is 17.4 Å². The van der Waals surface area contributed by atoms with Gasteiger partial charge in [-0.2, -0.15) is 5.10 Å². The van der Waals surface area contributed by atoms with Crippen LogP contribution in [0.1, 0.15) is 19.4 Å². The van der Waals surface area contributed by atoms with Crippen molar-refractivity contribution in [3.63, 3.8) is 0 Å². The van der Waals surface area contributed by atoms with Crippen molar-refractivity contribution >= 4 is 0 Å².